The largest absolute Gasteiger partial charge is 0.508 e. The van der Waals surface area contributed by atoms with Gasteiger partial charge in [0.15, 0.2) is 0 Å². The number of aromatic nitrogens is 2. The monoisotopic (exact) mass is 191 g/mol. The van der Waals surface area contributed by atoms with E-state index in [0.29, 0.717) is 10.9 Å². The lowest BCUT2D eigenvalue weighted by Crippen LogP contribution is -2.11. The Morgan fingerprint density at radius 2 is 2.29 bits per heavy atom. The van der Waals surface area contributed by atoms with Crippen molar-refractivity contribution in [1.29, 1.82) is 0 Å². The van der Waals surface area contributed by atoms with Gasteiger partial charge < -0.3 is 10.8 Å². The number of aromatic hydroxyl groups is 1. The van der Waals surface area contributed by atoms with Gasteiger partial charge in [0.1, 0.15) is 5.75 Å². The molecule has 5 nitrogen and oxygen atoms in total. The third-order valence-electron chi connectivity index (χ3n) is 2.11. The number of hydrogen-bond acceptors (Lipinski definition) is 3. The first kappa shape index (κ1) is 8.55. The molecule has 0 aliphatic rings. The summed E-state index contributed by atoms with van der Waals surface area (Å²) in [4.78, 5) is 11.0. The Morgan fingerprint density at radius 1 is 1.57 bits per heavy atom. The molecule has 0 unspecified atom stereocenters. The number of rotatable bonds is 1. The van der Waals surface area contributed by atoms with Crippen molar-refractivity contribution < 1.29 is 9.90 Å². The molecule has 1 amide bonds. The molecule has 0 spiro atoms. The Kier molecular flexibility index (Phi) is 1.67. The van der Waals surface area contributed by atoms with Gasteiger partial charge in [-0.2, -0.15) is 5.10 Å². The first-order valence-corrected chi connectivity index (χ1v) is 4.07. The van der Waals surface area contributed by atoms with E-state index < -0.39 is 5.91 Å². The summed E-state index contributed by atoms with van der Waals surface area (Å²) in [6.07, 6.45) is 0. The highest BCUT2D eigenvalue weighted by molar-refractivity contribution is 6.05. The average molecular weight is 191 g/mol. The van der Waals surface area contributed by atoms with Crippen LogP contribution in [0.2, 0.25) is 0 Å². The fourth-order valence-corrected chi connectivity index (χ4v) is 1.43. The van der Waals surface area contributed by atoms with Gasteiger partial charge in [-0.25, -0.2) is 0 Å². The number of H-pyrrole nitrogens is 1. The van der Waals surface area contributed by atoms with E-state index in [1.54, 1.807) is 13.0 Å². The first-order valence-electron chi connectivity index (χ1n) is 4.07. The molecular formula is C9H9N3O2. The van der Waals surface area contributed by atoms with Gasteiger partial charge in [0, 0.05) is 5.39 Å². The Morgan fingerprint density at radius 3 is 2.93 bits per heavy atom. The lowest BCUT2D eigenvalue weighted by Gasteiger charge is -1.99. The van der Waals surface area contributed by atoms with Crippen molar-refractivity contribution in [2.24, 2.45) is 5.73 Å². The molecule has 1 aromatic carbocycles. The summed E-state index contributed by atoms with van der Waals surface area (Å²) in [6.45, 7) is 1.78. The number of aromatic amines is 1. The minimum atomic E-state index is -0.588. The van der Waals surface area contributed by atoms with E-state index in [-0.39, 0.29) is 11.3 Å². The predicted molar refractivity (Wildman–Crippen MR) is 51.0 cm³/mol. The van der Waals surface area contributed by atoms with Gasteiger partial charge in [-0.15, -0.1) is 0 Å². The molecule has 72 valence electrons. The number of carbonyl (C=O) groups excluding carboxylic acids is 1. The van der Waals surface area contributed by atoms with Crippen molar-refractivity contribution in [2.45, 2.75) is 6.92 Å². The Bertz CT molecular complexity index is 516. The summed E-state index contributed by atoms with van der Waals surface area (Å²) < 4.78 is 0. The average Bonchev–Trinajstić information content (AvgIpc) is 2.47. The lowest BCUT2D eigenvalue weighted by molar-refractivity contribution is 0.100. The Balaban J connectivity index is 2.88. The molecule has 2 rings (SSSR count). The zero-order valence-electron chi connectivity index (χ0n) is 7.53. The number of amides is 1. The van der Waals surface area contributed by atoms with Gasteiger partial charge in [-0.1, -0.05) is 0 Å². The van der Waals surface area contributed by atoms with Crippen LogP contribution in [-0.4, -0.2) is 21.2 Å². The highest BCUT2D eigenvalue weighted by atomic mass is 16.3. The minimum absolute atomic E-state index is 0.0100. The third-order valence-corrected chi connectivity index (χ3v) is 2.11. The molecule has 5 heteroatoms. The van der Waals surface area contributed by atoms with E-state index >= 15 is 0 Å². The molecule has 0 aliphatic carbocycles. The quantitative estimate of drug-likeness (QED) is 0.618. The number of primary amides is 1. The molecule has 0 fully saturated rings. The van der Waals surface area contributed by atoms with Crippen LogP contribution >= 0.6 is 0 Å². The Hall–Kier alpha value is -2.04. The van der Waals surface area contributed by atoms with Crippen LogP contribution in [0.4, 0.5) is 0 Å². The van der Waals surface area contributed by atoms with Crippen LogP contribution in [0.1, 0.15) is 16.1 Å². The fraction of sp³-hybridized carbons (Fsp3) is 0.111. The standard InChI is InChI=1S/C9H9N3O2/c1-4-6-2-5(13)3-7(9(10)14)8(6)12-11-4/h2-3,13H,1H3,(H2,10,14)(H,11,12). The number of nitrogens with zero attached hydrogens (tertiary/aromatic N) is 1. The summed E-state index contributed by atoms with van der Waals surface area (Å²) in [7, 11) is 0. The van der Waals surface area contributed by atoms with Crippen molar-refractivity contribution in [1.82, 2.24) is 10.2 Å². The molecule has 0 saturated carbocycles. The molecule has 0 bridgehead atoms. The molecular weight excluding hydrogens is 182 g/mol. The molecule has 1 aromatic heterocycles. The maximum atomic E-state index is 11.0. The van der Waals surface area contributed by atoms with E-state index in [1.165, 1.54) is 6.07 Å². The van der Waals surface area contributed by atoms with Crippen molar-refractivity contribution in [2.75, 3.05) is 0 Å². The van der Waals surface area contributed by atoms with Crippen LogP contribution in [0.15, 0.2) is 12.1 Å². The molecule has 0 saturated heterocycles. The van der Waals surface area contributed by atoms with E-state index in [4.69, 9.17) is 5.73 Å². The van der Waals surface area contributed by atoms with Crippen molar-refractivity contribution in [3.63, 3.8) is 0 Å². The normalized spacial score (nSPS) is 10.6. The van der Waals surface area contributed by atoms with Gasteiger partial charge in [0.25, 0.3) is 5.91 Å². The SMILES string of the molecule is Cc1n[nH]c2c(C(N)=O)cc(O)cc12. The molecule has 4 N–H and O–H groups in total. The number of aryl methyl sites for hydroxylation is 1. The molecule has 0 radical (unpaired) electrons. The molecule has 0 aliphatic heterocycles. The van der Waals surface area contributed by atoms with E-state index in [0.717, 1.165) is 5.69 Å². The summed E-state index contributed by atoms with van der Waals surface area (Å²) in [5.74, 6) is -0.578. The van der Waals surface area contributed by atoms with Crippen molar-refractivity contribution in [3.8, 4) is 5.75 Å². The highest BCUT2D eigenvalue weighted by Crippen LogP contribution is 2.24. The summed E-state index contributed by atoms with van der Waals surface area (Å²) in [5, 5.41) is 16.7. The van der Waals surface area contributed by atoms with Crippen LogP contribution in [0.5, 0.6) is 5.75 Å². The predicted octanol–water partition coefficient (Wildman–Crippen LogP) is 0.676. The van der Waals surface area contributed by atoms with Gasteiger partial charge in [-0.05, 0) is 19.1 Å². The number of carbonyl (C=O) groups is 1. The summed E-state index contributed by atoms with van der Waals surface area (Å²) in [5.41, 5.74) is 6.69. The van der Waals surface area contributed by atoms with E-state index in [1.807, 2.05) is 0 Å². The zero-order valence-corrected chi connectivity index (χ0v) is 7.53. The molecule has 1 heterocycles. The zero-order chi connectivity index (χ0) is 10.3. The van der Waals surface area contributed by atoms with Crippen LogP contribution in [0, 0.1) is 6.92 Å². The second-order valence-electron chi connectivity index (χ2n) is 3.09. The fourth-order valence-electron chi connectivity index (χ4n) is 1.43. The van der Waals surface area contributed by atoms with E-state index in [2.05, 4.69) is 10.2 Å². The second-order valence-corrected chi connectivity index (χ2v) is 3.09. The third kappa shape index (κ3) is 1.10. The van der Waals surface area contributed by atoms with Crippen LogP contribution in [0.25, 0.3) is 10.9 Å². The van der Waals surface area contributed by atoms with Crippen molar-refractivity contribution in [3.05, 3.63) is 23.4 Å². The smallest absolute Gasteiger partial charge is 0.251 e. The lowest BCUT2D eigenvalue weighted by atomic mass is 10.1. The maximum absolute atomic E-state index is 11.0. The van der Waals surface area contributed by atoms with Crippen LogP contribution in [-0.2, 0) is 0 Å². The number of phenolic OH excluding ortho intramolecular Hbond substituents is 1. The number of fused-ring (bicyclic) bond motifs is 1. The Labute approximate surface area is 79.5 Å². The van der Waals surface area contributed by atoms with Gasteiger partial charge in [0.2, 0.25) is 0 Å². The maximum Gasteiger partial charge on any atom is 0.251 e. The summed E-state index contributed by atoms with van der Waals surface area (Å²) in [6, 6.07) is 2.86. The number of phenols is 1. The van der Waals surface area contributed by atoms with Gasteiger partial charge in [0.05, 0.1) is 16.8 Å². The topological polar surface area (TPSA) is 92.0 Å². The number of nitrogens with one attached hydrogen (secondary N) is 1. The highest BCUT2D eigenvalue weighted by Gasteiger charge is 2.12. The summed E-state index contributed by atoms with van der Waals surface area (Å²) >= 11 is 0. The second kappa shape index (κ2) is 2.73. The molecule has 2 aromatic rings. The first-order chi connectivity index (χ1) is 6.59. The van der Waals surface area contributed by atoms with Crippen LogP contribution < -0.4 is 5.73 Å². The van der Waals surface area contributed by atoms with Gasteiger partial charge >= 0.3 is 0 Å². The number of nitrogens with two attached hydrogens (primary N) is 1. The molecule has 0 atom stereocenters. The van der Waals surface area contributed by atoms with Gasteiger partial charge in [-0.3, -0.25) is 9.89 Å². The number of benzene rings is 1. The number of hydrogen-bond donors (Lipinski definition) is 3. The minimum Gasteiger partial charge on any atom is -0.508 e. The molecule has 14 heavy (non-hydrogen) atoms. The van der Waals surface area contributed by atoms with Crippen molar-refractivity contribution >= 4 is 16.8 Å². The van der Waals surface area contributed by atoms with E-state index in [9.17, 15) is 9.90 Å². The van der Waals surface area contributed by atoms with Crippen LogP contribution in [0.3, 0.4) is 0 Å².